The molecule has 1 amide bonds. The first-order chi connectivity index (χ1) is 12.5. The van der Waals surface area contributed by atoms with E-state index in [2.05, 4.69) is 22.6 Å². The Kier molecular flexibility index (Phi) is 7.30. The number of halogens is 1. The Labute approximate surface area is 175 Å². The SMILES string of the molecule is CCC(C)(C)OC(=O)[NH+]1CCC(C(C)(C)OC(=O)c2ccc(I)cc2)CC1. The molecule has 0 aromatic heterocycles. The highest BCUT2D eigenvalue weighted by Gasteiger charge is 2.40. The number of carbonyl (C=O) groups excluding carboxylic acids is 2. The van der Waals surface area contributed by atoms with E-state index >= 15 is 0 Å². The highest BCUT2D eigenvalue weighted by molar-refractivity contribution is 14.1. The number of likely N-dealkylation sites (tertiary alicyclic amines) is 1. The fraction of sp³-hybridized carbons (Fsp3) is 0.619. The van der Waals surface area contributed by atoms with Gasteiger partial charge in [-0.3, -0.25) is 0 Å². The summed E-state index contributed by atoms with van der Waals surface area (Å²) in [6.45, 7) is 11.2. The van der Waals surface area contributed by atoms with Gasteiger partial charge in [0.25, 0.3) is 0 Å². The number of piperidine rings is 1. The van der Waals surface area contributed by atoms with Crippen molar-refractivity contribution >= 4 is 34.7 Å². The molecule has 5 nitrogen and oxygen atoms in total. The Morgan fingerprint density at radius 2 is 1.63 bits per heavy atom. The monoisotopic (exact) mass is 488 g/mol. The summed E-state index contributed by atoms with van der Waals surface area (Å²) in [6, 6.07) is 7.38. The number of hydrogen-bond donors (Lipinski definition) is 1. The molecule has 1 N–H and O–H groups in total. The van der Waals surface area contributed by atoms with Crippen LogP contribution in [0.25, 0.3) is 0 Å². The molecule has 0 bridgehead atoms. The van der Waals surface area contributed by atoms with E-state index in [0.717, 1.165) is 27.7 Å². The lowest BCUT2D eigenvalue weighted by molar-refractivity contribution is -0.832. The summed E-state index contributed by atoms with van der Waals surface area (Å²) < 4.78 is 12.5. The van der Waals surface area contributed by atoms with Crippen LogP contribution in [0, 0.1) is 9.49 Å². The lowest BCUT2D eigenvalue weighted by atomic mass is 9.83. The van der Waals surface area contributed by atoms with Gasteiger partial charge in [0.2, 0.25) is 0 Å². The minimum atomic E-state index is -0.571. The van der Waals surface area contributed by atoms with E-state index in [1.165, 1.54) is 0 Å². The summed E-state index contributed by atoms with van der Waals surface area (Å²) in [7, 11) is 0. The molecule has 0 atom stereocenters. The van der Waals surface area contributed by atoms with Crippen LogP contribution in [0.1, 0.15) is 64.2 Å². The molecule has 1 aromatic rings. The van der Waals surface area contributed by atoms with Crippen LogP contribution in [0.15, 0.2) is 24.3 Å². The third-order valence-electron chi connectivity index (χ3n) is 5.52. The number of alkyl carbamates (subject to hydrolysis) is 2. The van der Waals surface area contributed by atoms with E-state index in [0.29, 0.717) is 18.7 Å². The highest BCUT2D eigenvalue weighted by Crippen LogP contribution is 2.29. The zero-order valence-corrected chi connectivity index (χ0v) is 19.1. The normalized spacial score (nSPS) is 20.8. The van der Waals surface area contributed by atoms with Crippen LogP contribution in [0.5, 0.6) is 0 Å². The molecule has 1 aromatic carbocycles. The van der Waals surface area contributed by atoms with Gasteiger partial charge in [0.15, 0.2) is 0 Å². The lowest BCUT2D eigenvalue weighted by Gasteiger charge is -2.38. The van der Waals surface area contributed by atoms with Crippen LogP contribution in [0.2, 0.25) is 0 Å². The van der Waals surface area contributed by atoms with Crippen molar-refractivity contribution in [3.63, 3.8) is 0 Å². The van der Waals surface area contributed by atoms with Crippen molar-refractivity contribution in [2.24, 2.45) is 5.92 Å². The zero-order valence-electron chi connectivity index (χ0n) is 16.9. The van der Waals surface area contributed by atoms with Crippen molar-refractivity contribution < 1.29 is 24.0 Å². The van der Waals surface area contributed by atoms with Crippen molar-refractivity contribution in [1.29, 1.82) is 0 Å². The maximum Gasteiger partial charge on any atom is 0.514 e. The largest absolute Gasteiger partial charge is 0.514 e. The topological polar surface area (TPSA) is 57.0 Å². The summed E-state index contributed by atoms with van der Waals surface area (Å²) in [6.07, 6.45) is 2.26. The van der Waals surface area contributed by atoms with Crippen LogP contribution < -0.4 is 4.90 Å². The molecule has 1 saturated heterocycles. The van der Waals surface area contributed by atoms with E-state index in [1.54, 1.807) is 12.1 Å². The molecule has 150 valence electrons. The molecule has 0 saturated carbocycles. The van der Waals surface area contributed by atoms with Crippen LogP contribution in [0.3, 0.4) is 0 Å². The first-order valence-corrected chi connectivity index (χ1v) is 10.7. The first-order valence-electron chi connectivity index (χ1n) is 9.61. The number of amides is 1. The second-order valence-corrected chi connectivity index (χ2v) is 9.63. The van der Waals surface area contributed by atoms with Crippen LogP contribution >= 0.6 is 22.6 Å². The molecular weight excluding hydrogens is 457 g/mol. The fourth-order valence-electron chi connectivity index (χ4n) is 3.23. The van der Waals surface area contributed by atoms with Crippen molar-refractivity contribution in [2.45, 2.75) is 65.1 Å². The minimum absolute atomic E-state index is 0.172. The van der Waals surface area contributed by atoms with Gasteiger partial charge in [0.1, 0.15) is 11.2 Å². The second kappa shape index (κ2) is 8.90. The average Bonchev–Trinajstić information content (AvgIpc) is 2.61. The maximum absolute atomic E-state index is 12.5. The standard InChI is InChI=1S/C21H30INO4/c1-6-20(2,3)27-19(25)23-13-11-16(12-14-23)21(4,5)26-18(24)15-7-9-17(22)10-8-15/h7-10,16H,6,11-14H2,1-5H3/p+1. The molecule has 0 aliphatic carbocycles. The number of benzene rings is 1. The average molecular weight is 488 g/mol. The van der Waals surface area contributed by atoms with E-state index in [-0.39, 0.29) is 18.0 Å². The van der Waals surface area contributed by atoms with Crippen LogP contribution in [-0.4, -0.2) is 36.4 Å². The highest BCUT2D eigenvalue weighted by atomic mass is 127. The smallest absolute Gasteiger partial charge is 0.456 e. The number of hydrogen-bond acceptors (Lipinski definition) is 4. The third kappa shape index (κ3) is 6.17. The van der Waals surface area contributed by atoms with E-state index < -0.39 is 11.2 Å². The van der Waals surface area contributed by atoms with Crippen molar-refractivity contribution in [3.05, 3.63) is 33.4 Å². The molecular formula is C21H31INO4+. The van der Waals surface area contributed by atoms with Gasteiger partial charge in [-0.1, -0.05) is 6.92 Å². The molecule has 0 radical (unpaired) electrons. The van der Waals surface area contributed by atoms with Gasteiger partial charge in [-0.15, -0.1) is 0 Å². The number of quaternary nitrogens is 1. The Balaban J connectivity index is 1.91. The van der Waals surface area contributed by atoms with Crippen LogP contribution in [0.4, 0.5) is 4.79 Å². The van der Waals surface area contributed by atoms with Gasteiger partial charge in [0.05, 0.1) is 18.7 Å². The van der Waals surface area contributed by atoms with Crippen molar-refractivity contribution in [3.8, 4) is 0 Å². The molecule has 1 heterocycles. The second-order valence-electron chi connectivity index (χ2n) is 8.38. The quantitative estimate of drug-likeness (QED) is 0.506. The molecule has 27 heavy (non-hydrogen) atoms. The molecule has 1 aliphatic rings. The van der Waals surface area contributed by atoms with Gasteiger partial charge in [0, 0.05) is 22.3 Å². The van der Waals surface area contributed by atoms with Gasteiger partial charge in [-0.25, -0.2) is 9.69 Å². The fourth-order valence-corrected chi connectivity index (χ4v) is 3.59. The Hall–Kier alpha value is -1.15. The van der Waals surface area contributed by atoms with Crippen molar-refractivity contribution in [2.75, 3.05) is 13.1 Å². The maximum atomic E-state index is 12.5. The summed E-state index contributed by atoms with van der Waals surface area (Å²) >= 11 is 2.21. The molecule has 2 rings (SSSR count). The lowest BCUT2D eigenvalue weighted by Crippen LogP contribution is -3.16. The third-order valence-corrected chi connectivity index (χ3v) is 6.24. The number of ether oxygens (including phenoxy) is 2. The Morgan fingerprint density at radius 1 is 1.07 bits per heavy atom. The summed E-state index contributed by atoms with van der Waals surface area (Å²) in [4.78, 5) is 25.7. The van der Waals surface area contributed by atoms with Crippen molar-refractivity contribution in [1.82, 2.24) is 0 Å². The summed E-state index contributed by atoms with van der Waals surface area (Å²) in [5.74, 6) is -0.0729. The van der Waals surface area contributed by atoms with E-state index in [9.17, 15) is 9.59 Å². The molecule has 1 aliphatic heterocycles. The number of carbonyl (C=O) groups is 2. The van der Waals surface area contributed by atoms with Gasteiger partial charge in [-0.2, -0.15) is 4.79 Å². The molecule has 6 heteroatoms. The molecule has 0 spiro atoms. The predicted molar refractivity (Wildman–Crippen MR) is 113 cm³/mol. The zero-order chi connectivity index (χ0) is 20.2. The van der Waals surface area contributed by atoms with E-state index in [4.69, 9.17) is 9.47 Å². The number of rotatable bonds is 5. The first kappa shape index (κ1) is 22.1. The molecule has 0 unspecified atom stereocenters. The Bertz CT molecular complexity index is 661. The van der Waals surface area contributed by atoms with Crippen LogP contribution in [-0.2, 0) is 9.47 Å². The predicted octanol–water partition coefficient (Wildman–Crippen LogP) is 3.85. The van der Waals surface area contributed by atoms with Gasteiger partial charge in [-0.05, 0) is 81.0 Å². The number of esters is 1. The number of nitrogens with one attached hydrogen (secondary N) is 1. The summed E-state index contributed by atoms with van der Waals surface area (Å²) in [5.41, 5.74) is -0.432. The summed E-state index contributed by atoms with van der Waals surface area (Å²) in [5, 5.41) is 0. The van der Waals surface area contributed by atoms with E-state index in [1.807, 2.05) is 46.8 Å². The minimum Gasteiger partial charge on any atom is -0.456 e. The van der Waals surface area contributed by atoms with Gasteiger partial charge >= 0.3 is 12.1 Å². The van der Waals surface area contributed by atoms with Gasteiger partial charge < -0.3 is 9.47 Å². The Morgan fingerprint density at radius 3 is 2.15 bits per heavy atom. The molecule has 1 fully saturated rings.